The van der Waals surface area contributed by atoms with E-state index >= 15 is 0 Å². The van der Waals surface area contributed by atoms with Crippen molar-refractivity contribution in [1.29, 1.82) is 0 Å². The van der Waals surface area contributed by atoms with Crippen LogP contribution < -0.4 is 14.8 Å². The number of nitrogens with zero attached hydrogens (tertiary/aromatic N) is 1. The first kappa shape index (κ1) is 12.9. The van der Waals surface area contributed by atoms with Gasteiger partial charge in [-0.25, -0.2) is 0 Å². The molecular formula is C13H16N2O2S. The zero-order valence-electron chi connectivity index (χ0n) is 10.5. The SMILES string of the molecule is CNCc1cccc(OC)c1OCc1cncs1. The van der Waals surface area contributed by atoms with Crippen molar-refractivity contribution in [3.05, 3.63) is 40.3 Å². The molecule has 2 aromatic rings. The van der Waals surface area contributed by atoms with E-state index in [-0.39, 0.29) is 0 Å². The molecule has 18 heavy (non-hydrogen) atoms. The predicted octanol–water partition coefficient (Wildman–Crippen LogP) is 2.45. The van der Waals surface area contributed by atoms with Crippen LogP contribution in [0.3, 0.4) is 0 Å². The first-order chi connectivity index (χ1) is 8.85. The molecule has 0 atom stereocenters. The van der Waals surface area contributed by atoms with Gasteiger partial charge >= 0.3 is 0 Å². The molecule has 96 valence electrons. The number of hydrogen-bond donors (Lipinski definition) is 1. The highest BCUT2D eigenvalue weighted by Gasteiger charge is 2.10. The van der Waals surface area contributed by atoms with Crippen LogP contribution >= 0.6 is 11.3 Å². The molecule has 5 heteroatoms. The molecule has 0 saturated carbocycles. The molecule has 2 rings (SSSR count). The Kier molecular flexibility index (Phi) is 4.55. The summed E-state index contributed by atoms with van der Waals surface area (Å²) in [7, 11) is 3.56. The quantitative estimate of drug-likeness (QED) is 0.870. The molecule has 4 nitrogen and oxygen atoms in total. The summed E-state index contributed by atoms with van der Waals surface area (Å²) in [6, 6.07) is 5.90. The summed E-state index contributed by atoms with van der Waals surface area (Å²) in [5.74, 6) is 1.55. The minimum absolute atomic E-state index is 0.516. The number of nitrogens with one attached hydrogen (secondary N) is 1. The van der Waals surface area contributed by atoms with E-state index in [0.29, 0.717) is 6.61 Å². The van der Waals surface area contributed by atoms with Crippen molar-refractivity contribution >= 4 is 11.3 Å². The molecule has 1 N–H and O–H groups in total. The van der Waals surface area contributed by atoms with E-state index < -0.39 is 0 Å². The van der Waals surface area contributed by atoms with Crippen LogP contribution in [0.5, 0.6) is 11.5 Å². The van der Waals surface area contributed by atoms with Gasteiger partial charge in [0.15, 0.2) is 11.5 Å². The summed E-state index contributed by atoms with van der Waals surface area (Å²) < 4.78 is 11.2. The Hall–Kier alpha value is -1.59. The molecule has 0 fully saturated rings. The monoisotopic (exact) mass is 264 g/mol. The molecule has 1 heterocycles. The van der Waals surface area contributed by atoms with E-state index in [0.717, 1.165) is 28.5 Å². The van der Waals surface area contributed by atoms with Gasteiger partial charge in [-0.2, -0.15) is 0 Å². The number of para-hydroxylation sites is 1. The van der Waals surface area contributed by atoms with Gasteiger partial charge in [0, 0.05) is 18.3 Å². The molecule has 1 aromatic carbocycles. The first-order valence-electron chi connectivity index (χ1n) is 5.65. The fourth-order valence-corrected chi connectivity index (χ4v) is 2.18. The Bertz CT molecular complexity index is 486. The maximum atomic E-state index is 5.86. The van der Waals surface area contributed by atoms with Crippen molar-refractivity contribution in [2.24, 2.45) is 0 Å². The molecule has 0 spiro atoms. The van der Waals surface area contributed by atoms with E-state index in [4.69, 9.17) is 9.47 Å². The van der Waals surface area contributed by atoms with Crippen LogP contribution in [0.15, 0.2) is 29.9 Å². The Morgan fingerprint density at radius 1 is 1.39 bits per heavy atom. The summed E-state index contributed by atoms with van der Waals surface area (Å²) in [4.78, 5) is 5.12. The molecule has 0 aliphatic carbocycles. The molecule has 0 bridgehead atoms. The second kappa shape index (κ2) is 6.37. The van der Waals surface area contributed by atoms with Gasteiger partial charge in [0.05, 0.1) is 17.5 Å². The van der Waals surface area contributed by atoms with Crippen LogP contribution in [0, 0.1) is 0 Å². The maximum absolute atomic E-state index is 5.86. The first-order valence-corrected chi connectivity index (χ1v) is 6.53. The molecular weight excluding hydrogens is 248 g/mol. The van der Waals surface area contributed by atoms with Crippen molar-refractivity contribution in [3.8, 4) is 11.5 Å². The van der Waals surface area contributed by atoms with Crippen molar-refractivity contribution in [3.63, 3.8) is 0 Å². The number of thiazole rings is 1. The molecule has 0 radical (unpaired) electrons. The summed E-state index contributed by atoms with van der Waals surface area (Å²) in [6.07, 6.45) is 1.82. The fraction of sp³-hybridized carbons (Fsp3) is 0.308. The average Bonchev–Trinajstić information content (AvgIpc) is 2.90. The number of ether oxygens (including phenoxy) is 2. The standard InChI is InChI=1S/C13H16N2O2S/c1-14-6-10-4-3-5-12(16-2)13(10)17-8-11-7-15-9-18-11/h3-5,7,9,14H,6,8H2,1-2H3. The van der Waals surface area contributed by atoms with Gasteiger partial charge in [-0.15, -0.1) is 11.3 Å². The molecule has 0 aliphatic rings. The lowest BCUT2D eigenvalue weighted by Gasteiger charge is -2.14. The second-order valence-electron chi connectivity index (χ2n) is 3.74. The maximum Gasteiger partial charge on any atom is 0.166 e. The minimum Gasteiger partial charge on any atom is -0.493 e. The highest BCUT2D eigenvalue weighted by Crippen LogP contribution is 2.31. The van der Waals surface area contributed by atoms with Crippen LogP contribution in [-0.4, -0.2) is 19.1 Å². The largest absolute Gasteiger partial charge is 0.493 e. The number of rotatable bonds is 6. The lowest BCUT2D eigenvalue weighted by Crippen LogP contribution is -2.08. The van der Waals surface area contributed by atoms with Crippen LogP contribution in [-0.2, 0) is 13.2 Å². The van der Waals surface area contributed by atoms with Crippen LogP contribution in [0.2, 0.25) is 0 Å². The van der Waals surface area contributed by atoms with Gasteiger partial charge in [-0.1, -0.05) is 12.1 Å². The van der Waals surface area contributed by atoms with Crippen LogP contribution in [0.4, 0.5) is 0 Å². The van der Waals surface area contributed by atoms with E-state index in [9.17, 15) is 0 Å². The summed E-state index contributed by atoms with van der Waals surface area (Å²) in [5.41, 5.74) is 2.89. The van der Waals surface area contributed by atoms with E-state index in [2.05, 4.69) is 10.3 Å². The normalized spacial score (nSPS) is 10.3. The number of methoxy groups -OCH3 is 1. The molecule has 0 saturated heterocycles. The van der Waals surface area contributed by atoms with E-state index in [1.165, 1.54) is 0 Å². The Balaban J connectivity index is 2.18. The zero-order valence-corrected chi connectivity index (χ0v) is 11.3. The van der Waals surface area contributed by atoms with Crippen molar-refractivity contribution < 1.29 is 9.47 Å². The predicted molar refractivity (Wildman–Crippen MR) is 72.2 cm³/mol. The van der Waals surface area contributed by atoms with Gasteiger partial charge in [-0.05, 0) is 13.1 Å². The van der Waals surface area contributed by atoms with E-state index in [1.54, 1.807) is 24.0 Å². The lowest BCUT2D eigenvalue weighted by molar-refractivity contribution is 0.283. The minimum atomic E-state index is 0.516. The van der Waals surface area contributed by atoms with E-state index in [1.807, 2.05) is 31.4 Å². The highest BCUT2D eigenvalue weighted by atomic mass is 32.1. The topological polar surface area (TPSA) is 43.4 Å². The lowest BCUT2D eigenvalue weighted by atomic mass is 10.2. The zero-order chi connectivity index (χ0) is 12.8. The van der Waals surface area contributed by atoms with Crippen LogP contribution in [0.25, 0.3) is 0 Å². The smallest absolute Gasteiger partial charge is 0.166 e. The Labute approximate surface area is 111 Å². The third-order valence-electron chi connectivity index (χ3n) is 2.49. The molecule has 1 aromatic heterocycles. The number of hydrogen-bond acceptors (Lipinski definition) is 5. The third-order valence-corrected chi connectivity index (χ3v) is 3.24. The molecule has 0 unspecified atom stereocenters. The number of benzene rings is 1. The third kappa shape index (κ3) is 3.00. The van der Waals surface area contributed by atoms with Crippen molar-refractivity contribution in [1.82, 2.24) is 10.3 Å². The van der Waals surface area contributed by atoms with Crippen molar-refractivity contribution in [2.75, 3.05) is 14.2 Å². The average molecular weight is 264 g/mol. The van der Waals surface area contributed by atoms with Gasteiger partial charge in [0.2, 0.25) is 0 Å². The van der Waals surface area contributed by atoms with Gasteiger partial charge in [0.25, 0.3) is 0 Å². The summed E-state index contributed by atoms with van der Waals surface area (Å²) in [5, 5.41) is 3.12. The summed E-state index contributed by atoms with van der Waals surface area (Å²) >= 11 is 1.58. The second-order valence-corrected chi connectivity index (χ2v) is 4.71. The Morgan fingerprint density at radius 2 is 2.28 bits per heavy atom. The van der Waals surface area contributed by atoms with Gasteiger partial charge < -0.3 is 14.8 Å². The fourth-order valence-electron chi connectivity index (χ4n) is 1.67. The molecule has 0 aliphatic heterocycles. The molecule has 0 amide bonds. The van der Waals surface area contributed by atoms with Crippen molar-refractivity contribution in [2.45, 2.75) is 13.2 Å². The van der Waals surface area contributed by atoms with Gasteiger partial charge in [-0.3, -0.25) is 4.98 Å². The Morgan fingerprint density at radius 3 is 2.94 bits per heavy atom. The van der Waals surface area contributed by atoms with Gasteiger partial charge in [0.1, 0.15) is 6.61 Å². The highest BCUT2D eigenvalue weighted by molar-refractivity contribution is 7.09. The van der Waals surface area contributed by atoms with Crippen LogP contribution in [0.1, 0.15) is 10.4 Å². The number of aromatic nitrogens is 1. The summed E-state index contributed by atoms with van der Waals surface area (Å²) in [6.45, 7) is 1.26.